The Bertz CT molecular complexity index is 7340. The van der Waals surface area contributed by atoms with Crippen molar-refractivity contribution in [1.82, 2.24) is 39.7 Å². The first-order valence-electron chi connectivity index (χ1n) is 40.0. The molecule has 2 spiro atoms. The lowest BCUT2D eigenvalue weighted by atomic mass is 9.77. The van der Waals surface area contributed by atoms with Crippen LogP contribution in [0.25, 0.3) is 22.3 Å². The van der Waals surface area contributed by atoms with Crippen LogP contribution < -0.4 is 86.3 Å². The summed E-state index contributed by atoms with van der Waals surface area (Å²) in [6, 6.07) is 12.9. The minimum atomic E-state index is -6.01. The highest BCUT2D eigenvalue weighted by Crippen LogP contribution is 2.70. The van der Waals surface area contributed by atoms with Crippen LogP contribution in [0.5, 0.6) is 69.0 Å². The van der Waals surface area contributed by atoms with Crippen LogP contribution in [0.15, 0.2) is 82.9 Å². The second kappa shape index (κ2) is 40.9. The van der Waals surface area contributed by atoms with Gasteiger partial charge in [0.25, 0.3) is 38.7 Å². The number of imidazole rings is 2. The number of hydrogen-bond donors (Lipinski definition) is 20. The number of aryl methyl sites for hydroxylation is 2. The van der Waals surface area contributed by atoms with Crippen LogP contribution in [-0.2, 0) is 112 Å². The van der Waals surface area contributed by atoms with Crippen molar-refractivity contribution >= 4 is 164 Å². The van der Waals surface area contributed by atoms with E-state index in [2.05, 4.69) is 56.9 Å². The third-order valence-electron chi connectivity index (χ3n) is 21.5. The normalized spacial score (nSPS) is 20.8. The van der Waals surface area contributed by atoms with Gasteiger partial charge in [-0.2, -0.15) is 8.62 Å². The lowest BCUT2D eigenvalue weighted by molar-refractivity contribution is -0.746. The zero-order valence-corrected chi connectivity index (χ0v) is 81.9. The first-order chi connectivity index (χ1) is 67.8. The zero-order valence-electron chi connectivity index (χ0n) is 73.5. The van der Waals surface area contributed by atoms with Crippen LogP contribution in [0, 0.1) is 0 Å². The number of amides is 2. The largest absolute Gasteiger partial charge is 0.756 e. The number of phosphoric acid groups is 6. The zero-order chi connectivity index (χ0) is 106. The third kappa shape index (κ3) is 21.3. The van der Waals surface area contributed by atoms with Crippen LogP contribution in [0.1, 0.15) is 87.3 Å². The van der Waals surface area contributed by atoms with Gasteiger partial charge in [0.15, 0.2) is 111 Å². The number of aliphatic hydroxyl groups is 2. The van der Waals surface area contributed by atoms with Gasteiger partial charge < -0.3 is 164 Å². The van der Waals surface area contributed by atoms with Crippen molar-refractivity contribution in [1.29, 1.82) is 0 Å². The van der Waals surface area contributed by atoms with Crippen molar-refractivity contribution in [3.8, 4) is 69.0 Å². The van der Waals surface area contributed by atoms with E-state index < -0.39 is 214 Å². The maximum absolute atomic E-state index is 13.6. The quantitative estimate of drug-likeness (QED) is 0.0105. The molecule has 71 heteroatoms. The van der Waals surface area contributed by atoms with E-state index in [1.807, 2.05) is 0 Å². The van der Waals surface area contributed by atoms with Gasteiger partial charge in [-0.15, -0.1) is 0 Å². The third-order valence-corrected chi connectivity index (χ3v) is 30.5. The summed E-state index contributed by atoms with van der Waals surface area (Å²) < 4.78 is 170. The van der Waals surface area contributed by atoms with Crippen molar-refractivity contribution in [2.24, 2.45) is 19.8 Å². The second-order valence-corrected chi connectivity index (χ2v) is 40.8. The van der Waals surface area contributed by atoms with E-state index >= 15 is 0 Å². The number of fused-ring (bicyclic) bond motifs is 14. The summed E-state index contributed by atoms with van der Waals surface area (Å²) in [6.45, 7) is -3.33. The molecule has 0 aliphatic carbocycles. The number of carboxylic acids is 1. The van der Waals surface area contributed by atoms with E-state index in [-0.39, 0.29) is 159 Å². The van der Waals surface area contributed by atoms with E-state index in [4.69, 9.17) is 135 Å². The summed E-state index contributed by atoms with van der Waals surface area (Å²) >= 11 is 25.9. The SMILES string of the molecule is COc1cc2c(c(Cl)c1O)Oc1c(cc(OC)c(O)c1Cl)C21OC(=O)c2ccc(C(=O)O)cc21.COc1cc2c(c(Cl)c1O)Oc1c(cc(OC)c(O)c1Cl)C21OC(=O)c2ccc(C(=O)OCCNC(=O)O[C@@H]3[C@H](O)[C@@H](COP(=O)(O)OP(=O)(O)OP(=O)([O-])O)O[C@H]3[n+]3cn(C)c4c(=O)[nH]c(N)nc43)cc21.Cn1c[n+]([C@@H]2O[C@H](COP(=O)(O)OP(=O)(O)OP(=O)([O-])O)[C@@H](OC(=O)NCCN)[C@H]2O)c2nc(N)[nH]c(=O)c21. The molecule has 2 fully saturated rings. The highest BCUT2D eigenvalue weighted by molar-refractivity contribution is 7.67. The highest BCUT2D eigenvalue weighted by Gasteiger charge is 2.60. The molecule has 780 valence electrons. The van der Waals surface area contributed by atoms with Gasteiger partial charge in [0.2, 0.25) is 23.5 Å². The molecule has 6 aliphatic heterocycles. The number of phenolic OH excluding ortho intramolecular Hbond substituents is 4. The molecule has 6 aromatic carbocycles. The Morgan fingerprint density at radius 1 is 0.517 bits per heavy atom. The van der Waals surface area contributed by atoms with E-state index in [1.54, 1.807) is 0 Å². The standard InChI is InChI=1S/C37H35Cl2N6O24P3.C23H14Cl2O9.C14H24N7O15P3/c1-44-12-45(30-23(44)31(49)43-35(40)42-30)32-29(26(48)20(64-32)11-63-71(56,57)69-72(58,59)68-70(53,54)55)66-36(52)41-6-7-62-33(50)13-4-5-14-15(8-13)37(67-34(14)51)16-9-18(60-2)24(46)21(38)27(16)65-28-17(37)10-19(61-3)25(47)22(28)39;1-31-13-6-11-19(15(24)17(13)26)33-20-12(7-14(32-2)18(27)16(20)25)23(11)10-5-8(21(28)29)3-4-9(10)22(30)34-23;1-20-5-21(10-7(20)11(23)19-13(16)18-10)12-8(22)9(34-14(24)17-3-2-15)6(33-12)4-32-38(28,29)36-39(30,31)35-37(25,26)27/h4-5,8-10,12,20,26,29,32,48H,6-7,11H2,1-3H3,(H9-,40,41,42,43,46,47,49,52,53,54,55,56,57,58,59);3-7,26-27H,1-2H3,(H,28,29);5-6,8-9,12,22H,2-4,15H2,1H3,(H7-,16,17,18,19,23,24,25,26,27,28,29,30,31)/t20-,26-,29-,32-;;6-,8-,9-,12-/m1.1/s1. The number of aromatic carboxylic acids is 1. The number of phenols is 4. The number of phosphoric ester groups is 2. The molecule has 14 atom stereocenters. The van der Waals surface area contributed by atoms with E-state index in [9.17, 15) is 131 Å². The number of carboxylic acid groups (broad SMARTS) is 1. The van der Waals surface area contributed by atoms with Crippen molar-refractivity contribution in [3.63, 3.8) is 0 Å². The number of benzene rings is 6. The van der Waals surface area contributed by atoms with Gasteiger partial charge in [-0.3, -0.25) is 46.9 Å². The van der Waals surface area contributed by atoms with Crippen LogP contribution in [0.3, 0.4) is 0 Å². The van der Waals surface area contributed by atoms with E-state index in [0.29, 0.717) is 0 Å². The van der Waals surface area contributed by atoms with Crippen molar-refractivity contribution in [2.75, 3.05) is 79.4 Å². The number of nitrogens with two attached hydrogens (primary N) is 3. The number of rotatable bonds is 29. The molecular formula is C74H73Cl4N13O48P6. The van der Waals surface area contributed by atoms with E-state index in [1.165, 1.54) is 125 Å². The second-order valence-electron chi connectivity index (χ2n) is 30.5. The number of carbonyl (C=O) groups is 6. The lowest BCUT2D eigenvalue weighted by Crippen LogP contribution is -2.49. The van der Waals surface area contributed by atoms with Gasteiger partial charge in [-0.25, -0.2) is 64.8 Å². The molecule has 0 saturated carbocycles. The maximum Gasteiger partial charge on any atom is 0.487 e. The molecule has 145 heavy (non-hydrogen) atoms. The van der Waals surface area contributed by atoms with Gasteiger partial charge in [0.1, 0.15) is 45.0 Å². The number of halogens is 4. The smallest absolute Gasteiger partial charge is 0.487 e. The fourth-order valence-electron chi connectivity index (χ4n) is 15.7. The molecule has 10 aromatic rings. The number of nitrogens with one attached hydrogen (secondary N) is 4. The molecular weight excluding hydrogens is 2170 g/mol. The van der Waals surface area contributed by atoms with Crippen LogP contribution in [-0.4, -0.2) is 235 Å². The Morgan fingerprint density at radius 3 is 1.27 bits per heavy atom. The van der Waals surface area contributed by atoms with Gasteiger partial charge in [-0.05, 0) is 60.7 Å². The Kier molecular flexibility index (Phi) is 30.6. The number of hydrogen-bond acceptors (Lipinski definition) is 46. The molecule has 23 N–H and O–H groups in total. The highest BCUT2D eigenvalue weighted by atomic mass is 35.5. The average molecular weight is 2240 g/mol. The Hall–Kier alpha value is -12.2. The summed E-state index contributed by atoms with van der Waals surface area (Å²) in [7, 11) is -27.2. The number of H-pyrrole nitrogens is 2. The molecule has 61 nitrogen and oxygen atoms in total. The molecule has 6 aliphatic rings. The molecule has 2 saturated heterocycles. The summed E-state index contributed by atoms with van der Waals surface area (Å²) in [5.41, 5.74) is 11.2. The van der Waals surface area contributed by atoms with Gasteiger partial charge >= 0.3 is 78.6 Å². The number of aliphatic hydroxyl groups excluding tert-OH is 2. The van der Waals surface area contributed by atoms with Gasteiger partial charge in [0, 0.05) is 24.2 Å². The molecule has 0 bridgehead atoms. The van der Waals surface area contributed by atoms with Crippen molar-refractivity contribution < 1.29 is 228 Å². The number of alkyl carbamates (subject to hydrolysis) is 2. The number of esters is 3. The molecule has 4 aromatic heterocycles. The fourth-order valence-corrected chi connectivity index (χ4v) is 22.6. The number of ether oxygens (including phenoxy) is 13. The minimum Gasteiger partial charge on any atom is -0.756 e. The van der Waals surface area contributed by atoms with Gasteiger partial charge in [0.05, 0.1) is 107 Å². The maximum atomic E-state index is 13.6. The summed E-state index contributed by atoms with van der Waals surface area (Å²) in [6.07, 6.45) is -13.7. The number of aromatic nitrogens is 8. The summed E-state index contributed by atoms with van der Waals surface area (Å²) in [5.74, 6) is -7.77. The first-order valence-corrected chi connectivity index (χ1v) is 50.5. The molecule has 6 unspecified atom stereocenters. The summed E-state index contributed by atoms with van der Waals surface area (Å²) in [5, 5.41) is 77.6. The fraction of sp³-hybridized carbons (Fsp3) is 0.297. The number of anilines is 2. The predicted octanol–water partition coefficient (Wildman–Crippen LogP) is 2.20. The molecule has 10 heterocycles. The van der Waals surface area contributed by atoms with Crippen molar-refractivity contribution in [3.05, 3.63) is 170 Å². The Labute approximate surface area is 825 Å². The Balaban J connectivity index is 0.000000191. The number of nitrogen functional groups attached to an aromatic ring is 2. The topological polar surface area (TPSA) is 901 Å². The van der Waals surface area contributed by atoms with Crippen LogP contribution in [0.2, 0.25) is 20.1 Å². The molecule has 16 rings (SSSR count). The monoisotopic (exact) mass is 2240 g/mol. The van der Waals surface area contributed by atoms with Gasteiger partial charge in [-0.1, -0.05) is 56.4 Å². The van der Waals surface area contributed by atoms with Crippen molar-refractivity contribution in [2.45, 2.75) is 60.3 Å². The minimum absolute atomic E-state index is 0.00404. The summed E-state index contributed by atoms with van der Waals surface area (Å²) in [4.78, 5) is 192. The predicted molar refractivity (Wildman–Crippen MR) is 472 cm³/mol. The van der Waals surface area contributed by atoms with E-state index in [0.717, 1.165) is 9.13 Å². The number of aromatic amines is 2. The lowest BCUT2D eigenvalue weighted by Gasteiger charge is -2.37. The number of carbonyl (C=O) groups excluding carboxylic acids is 5. The van der Waals surface area contributed by atoms with Crippen LogP contribution >= 0.6 is 93.3 Å². The molecule has 2 amide bonds. The van der Waals surface area contributed by atoms with Crippen LogP contribution in [0.4, 0.5) is 21.5 Å². The average Bonchev–Trinajstić information content (AvgIpc) is 1.55. The number of nitrogens with zero attached hydrogens (tertiary/aromatic N) is 6. The molecule has 0 radical (unpaired) electrons. The first kappa shape index (κ1) is 109. The Morgan fingerprint density at radius 2 is 0.883 bits per heavy atom. The number of methoxy groups -OCH3 is 4. The number of aromatic hydroxyl groups is 4.